The molecular weight excluding hydrogens is 320 g/mol. The zero-order valence-corrected chi connectivity index (χ0v) is 15.8. The number of hydrogen-bond acceptors (Lipinski definition) is 4. The summed E-state index contributed by atoms with van der Waals surface area (Å²) in [5, 5.41) is 10.4. The van der Waals surface area contributed by atoms with E-state index in [1.165, 1.54) is 19.3 Å². The van der Waals surface area contributed by atoms with Gasteiger partial charge >= 0.3 is 5.97 Å². The standard InChI is InChI=1S/C20H30O3S/c1-3-24-12-11-23-19(21)10-9-16-13-15(2)20(22)18(14-16)17-7-5-4-6-8-17/h13-14,17,22H,3-12H2,1-2H3. The maximum Gasteiger partial charge on any atom is 0.306 e. The van der Waals surface area contributed by atoms with Crippen molar-refractivity contribution >= 4 is 17.7 Å². The van der Waals surface area contributed by atoms with E-state index in [-0.39, 0.29) is 5.97 Å². The molecule has 0 spiro atoms. The number of esters is 1. The Morgan fingerprint density at radius 1 is 1.29 bits per heavy atom. The molecular formula is C20H30O3S. The molecule has 4 heteroatoms. The van der Waals surface area contributed by atoms with Crippen molar-refractivity contribution in [3.8, 4) is 5.75 Å². The number of carbonyl (C=O) groups excluding carboxylic acids is 1. The van der Waals surface area contributed by atoms with Crippen LogP contribution in [-0.2, 0) is 16.0 Å². The van der Waals surface area contributed by atoms with Crippen LogP contribution in [0.1, 0.15) is 68.1 Å². The Labute approximate surface area is 150 Å². The average molecular weight is 351 g/mol. The fourth-order valence-corrected chi connectivity index (χ4v) is 3.92. The van der Waals surface area contributed by atoms with Crippen LogP contribution in [0.2, 0.25) is 0 Å². The summed E-state index contributed by atoms with van der Waals surface area (Å²) in [5.41, 5.74) is 3.13. The minimum atomic E-state index is -0.128. The minimum absolute atomic E-state index is 0.128. The van der Waals surface area contributed by atoms with Crippen molar-refractivity contribution in [1.29, 1.82) is 0 Å². The molecule has 1 saturated carbocycles. The molecule has 2 rings (SSSR count). The van der Waals surface area contributed by atoms with Crippen LogP contribution in [0.3, 0.4) is 0 Å². The lowest BCUT2D eigenvalue weighted by Gasteiger charge is -2.24. The number of rotatable bonds is 8. The van der Waals surface area contributed by atoms with Crippen molar-refractivity contribution < 1.29 is 14.6 Å². The Kier molecular flexibility index (Phi) is 7.97. The molecule has 0 aromatic heterocycles. The molecule has 1 aliphatic rings. The largest absolute Gasteiger partial charge is 0.507 e. The number of ether oxygens (including phenoxy) is 1. The van der Waals surface area contributed by atoms with Crippen molar-refractivity contribution in [2.75, 3.05) is 18.1 Å². The van der Waals surface area contributed by atoms with Gasteiger partial charge in [-0.1, -0.05) is 38.3 Å². The van der Waals surface area contributed by atoms with E-state index < -0.39 is 0 Å². The normalized spacial score (nSPS) is 15.4. The van der Waals surface area contributed by atoms with Gasteiger partial charge in [0.15, 0.2) is 0 Å². The summed E-state index contributed by atoms with van der Waals surface area (Å²) in [7, 11) is 0. The fourth-order valence-electron chi connectivity index (χ4n) is 3.43. The van der Waals surface area contributed by atoms with Crippen LogP contribution in [0.4, 0.5) is 0 Å². The summed E-state index contributed by atoms with van der Waals surface area (Å²) in [5.74, 6) is 2.71. The molecule has 0 amide bonds. The van der Waals surface area contributed by atoms with E-state index in [1.807, 2.05) is 13.0 Å². The number of aryl methyl sites for hydroxylation is 2. The lowest BCUT2D eigenvalue weighted by molar-refractivity contribution is -0.142. The molecule has 1 fully saturated rings. The van der Waals surface area contributed by atoms with Crippen LogP contribution >= 0.6 is 11.8 Å². The Bertz CT molecular complexity index is 536. The highest BCUT2D eigenvalue weighted by Gasteiger charge is 2.20. The maximum atomic E-state index is 11.8. The second kappa shape index (κ2) is 9.97. The molecule has 0 radical (unpaired) electrons. The van der Waals surface area contributed by atoms with Crippen LogP contribution in [0.5, 0.6) is 5.75 Å². The van der Waals surface area contributed by atoms with Gasteiger partial charge in [-0.2, -0.15) is 11.8 Å². The van der Waals surface area contributed by atoms with E-state index in [0.29, 0.717) is 31.1 Å². The molecule has 1 aromatic rings. The van der Waals surface area contributed by atoms with Gasteiger partial charge in [0.05, 0.1) is 0 Å². The quantitative estimate of drug-likeness (QED) is 0.531. The van der Waals surface area contributed by atoms with Crippen molar-refractivity contribution in [2.45, 2.75) is 64.7 Å². The maximum absolute atomic E-state index is 11.8. The van der Waals surface area contributed by atoms with Gasteiger partial charge in [0.2, 0.25) is 0 Å². The summed E-state index contributed by atoms with van der Waals surface area (Å²) in [4.78, 5) is 11.8. The molecule has 3 nitrogen and oxygen atoms in total. The summed E-state index contributed by atoms with van der Waals surface area (Å²) >= 11 is 1.78. The second-order valence-electron chi connectivity index (χ2n) is 6.60. The molecule has 0 unspecified atom stereocenters. The van der Waals surface area contributed by atoms with Gasteiger partial charge in [0, 0.05) is 12.2 Å². The minimum Gasteiger partial charge on any atom is -0.507 e. The third-order valence-corrected chi connectivity index (χ3v) is 5.61. The lowest BCUT2D eigenvalue weighted by atomic mass is 9.82. The molecule has 0 aliphatic heterocycles. The number of hydrogen-bond donors (Lipinski definition) is 1. The zero-order valence-electron chi connectivity index (χ0n) is 15.0. The monoisotopic (exact) mass is 350 g/mol. The van der Waals surface area contributed by atoms with E-state index in [0.717, 1.165) is 41.0 Å². The molecule has 0 bridgehead atoms. The summed E-state index contributed by atoms with van der Waals surface area (Å²) in [6, 6.07) is 4.11. The van der Waals surface area contributed by atoms with E-state index in [9.17, 15) is 9.90 Å². The Balaban J connectivity index is 1.93. The molecule has 134 valence electrons. The first-order valence-electron chi connectivity index (χ1n) is 9.17. The van der Waals surface area contributed by atoms with Gasteiger partial charge < -0.3 is 9.84 Å². The third kappa shape index (κ3) is 5.73. The molecule has 1 aromatic carbocycles. The molecule has 1 N–H and O–H groups in total. The number of carbonyl (C=O) groups is 1. The van der Waals surface area contributed by atoms with Crippen LogP contribution in [-0.4, -0.2) is 29.2 Å². The predicted molar refractivity (Wildman–Crippen MR) is 101 cm³/mol. The summed E-state index contributed by atoms with van der Waals surface area (Å²) in [6.45, 7) is 4.55. The summed E-state index contributed by atoms with van der Waals surface area (Å²) < 4.78 is 5.26. The summed E-state index contributed by atoms with van der Waals surface area (Å²) in [6.07, 6.45) is 7.20. The zero-order chi connectivity index (χ0) is 17.4. The number of thioether (sulfide) groups is 1. The number of aromatic hydroxyl groups is 1. The Morgan fingerprint density at radius 2 is 2.04 bits per heavy atom. The smallest absolute Gasteiger partial charge is 0.306 e. The first-order chi connectivity index (χ1) is 11.6. The highest BCUT2D eigenvalue weighted by atomic mass is 32.2. The van der Waals surface area contributed by atoms with Gasteiger partial charge in [-0.25, -0.2) is 0 Å². The van der Waals surface area contributed by atoms with Crippen LogP contribution in [0.15, 0.2) is 12.1 Å². The van der Waals surface area contributed by atoms with Crippen molar-refractivity contribution in [2.24, 2.45) is 0 Å². The molecule has 0 heterocycles. The fraction of sp³-hybridized carbons (Fsp3) is 0.650. The van der Waals surface area contributed by atoms with Crippen molar-refractivity contribution in [3.63, 3.8) is 0 Å². The Morgan fingerprint density at radius 3 is 2.75 bits per heavy atom. The molecule has 0 atom stereocenters. The predicted octanol–water partition coefficient (Wildman–Crippen LogP) is 4.98. The second-order valence-corrected chi connectivity index (χ2v) is 8.00. The van der Waals surface area contributed by atoms with Crippen molar-refractivity contribution in [3.05, 3.63) is 28.8 Å². The Hall–Kier alpha value is -1.16. The van der Waals surface area contributed by atoms with Gasteiger partial charge in [-0.3, -0.25) is 4.79 Å². The SMILES string of the molecule is CCSCCOC(=O)CCc1cc(C)c(O)c(C2CCCCC2)c1. The number of benzene rings is 1. The topological polar surface area (TPSA) is 46.5 Å². The van der Waals surface area contributed by atoms with E-state index in [4.69, 9.17) is 4.74 Å². The van der Waals surface area contributed by atoms with Crippen LogP contribution in [0.25, 0.3) is 0 Å². The highest BCUT2D eigenvalue weighted by molar-refractivity contribution is 7.99. The molecule has 24 heavy (non-hydrogen) atoms. The van der Waals surface area contributed by atoms with Crippen LogP contribution < -0.4 is 0 Å². The number of phenols is 1. The van der Waals surface area contributed by atoms with Gasteiger partial charge in [-0.15, -0.1) is 0 Å². The average Bonchev–Trinajstić information content (AvgIpc) is 2.60. The van der Waals surface area contributed by atoms with Crippen LogP contribution in [0, 0.1) is 6.92 Å². The van der Waals surface area contributed by atoms with Crippen molar-refractivity contribution in [1.82, 2.24) is 0 Å². The third-order valence-electron chi connectivity index (χ3n) is 4.75. The first kappa shape index (κ1) is 19.2. The van der Waals surface area contributed by atoms with Gasteiger partial charge in [0.1, 0.15) is 12.4 Å². The van der Waals surface area contributed by atoms with E-state index in [1.54, 1.807) is 11.8 Å². The first-order valence-corrected chi connectivity index (χ1v) is 10.3. The van der Waals surface area contributed by atoms with Gasteiger partial charge in [0.25, 0.3) is 0 Å². The molecule has 0 saturated heterocycles. The highest BCUT2D eigenvalue weighted by Crippen LogP contribution is 2.39. The molecule has 1 aliphatic carbocycles. The van der Waals surface area contributed by atoms with Gasteiger partial charge in [-0.05, 0) is 54.5 Å². The lowest BCUT2D eigenvalue weighted by Crippen LogP contribution is -2.09. The van der Waals surface area contributed by atoms with E-state index in [2.05, 4.69) is 13.0 Å². The number of phenolic OH excluding ortho intramolecular Hbond substituents is 1. The van der Waals surface area contributed by atoms with E-state index >= 15 is 0 Å².